The Morgan fingerprint density at radius 2 is 1.77 bits per heavy atom. The van der Waals surface area contributed by atoms with Crippen molar-refractivity contribution >= 4 is 11.7 Å². The number of carbonyl (C=O) groups is 1. The highest BCUT2D eigenvalue weighted by molar-refractivity contribution is 6.00. The Bertz CT molecular complexity index is 1030. The van der Waals surface area contributed by atoms with Gasteiger partial charge in [-0.2, -0.15) is 5.26 Å². The maximum Gasteiger partial charge on any atom is 0.338 e. The van der Waals surface area contributed by atoms with E-state index in [1.807, 2.05) is 18.2 Å². The number of carbonyl (C=O) groups excluding carboxylic acids is 1. The predicted octanol–water partition coefficient (Wildman–Crippen LogP) is 3.49. The van der Waals surface area contributed by atoms with Crippen LogP contribution in [0.15, 0.2) is 65.6 Å². The molecule has 3 rings (SSSR count). The number of hydrogen-bond acceptors (Lipinski definition) is 7. The minimum atomic E-state index is -0.818. The molecule has 0 fully saturated rings. The van der Waals surface area contributed by atoms with Gasteiger partial charge in [0.2, 0.25) is 5.88 Å². The van der Waals surface area contributed by atoms with Crippen molar-refractivity contribution in [1.82, 2.24) is 0 Å². The largest absolute Gasteiger partial charge is 0.497 e. The van der Waals surface area contributed by atoms with Crippen molar-refractivity contribution in [2.24, 2.45) is 5.73 Å². The van der Waals surface area contributed by atoms with Crippen LogP contribution in [0.5, 0.6) is 11.5 Å². The highest BCUT2D eigenvalue weighted by atomic mass is 16.5. The standard InChI is InChI=1S/C23H22N2O5/c1-4-29-23(26)20-19(15-10-16(27-2)12-17(11-15)28-3)18(13-24)22(25)30-21(20)14-8-6-5-7-9-14/h5-12,19H,4,25H2,1-3H3/t19-/m1/s1. The number of ether oxygens (including phenoxy) is 4. The zero-order valence-corrected chi connectivity index (χ0v) is 17.0. The number of benzene rings is 2. The van der Waals surface area contributed by atoms with E-state index in [9.17, 15) is 10.1 Å². The van der Waals surface area contributed by atoms with E-state index >= 15 is 0 Å². The first-order valence-corrected chi connectivity index (χ1v) is 9.31. The van der Waals surface area contributed by atoms with Crippen molar-refractivity contribution in [3.63, 3.8) is 0 Å². The van der Waals surface area contributed by atoms with Gasteiger partial charge in [-0.05, 0) is 24.6 Å². The van der Waals surface area contributed by atoms with Gasteiger partial charge < -0.3 is 24.7 Å². The number of nitriles is 1. The van der Waals surface area contributed by atoms with Crippen molar-refractivity contribution in [3.8, 4) is 17.6 Å². The topological polar surface area (TPSA) is 104 Å². The Hall–Kier alpha value is -3.92. The Morgan fingerprint density at radius 1 is 1.13 bits per heavy atom. The first-order chi connectivity index (χ1) is 14.5. The van der Waals surface area contributed by atoms with E-state index < -0.39 is 11.9 Å². The molecule has 0 amide bonds. The number of esters is 1. The monoisotopic (exact) mass is 406 g/mol. The number of allylic oxidation sites excluding steroid dienone is 1. The minimum Gasteiger partial charge on any atom is -0.497 e. The molecule has 1 aliphatic heterocycles. The van der Waals surface area contributed by atoms with Gasteiger partial charge in [-0.1, -0.05) is 30.3 Å². The molecule has 1 atom stereocenters. The van der Waals surface area contributed by atoms with Crippen LogP contribution in [0.1, 0.15) is 24.0 Å². The fourth-order valence-electron chi connectivity index (χ4n) is 3.31. The summed E-state index contributed by atoms with van der Waals surface area (Å²) in [5, 5.41) is 9.83. The zero-order chi connectivity index (χ0) is 21.7. The second kappa shape index (κ2) is 9.05. The normalized spacial score (nSPS) is 15.9. The third-order valence-corrected chi connectivity index (χ3v) is 4.66. The molecule has 0 saturated carbocycles. The number of nitrogens with two attached hydrogens (primary N) is 1. The molecule has 2 aromatic rings. The van der Waals surface area contributed by atoms with Gasteiger partial charge in [-0.25, -0.2) is 4.79 Å². The van der Waals surface area contributed by atoms with Crippen LogP contribution in [0.25, 0.3) is 5.76 Å². The molecule has 1 aliphatic rings. The highest BCUT2D eigenvalue weighted by Crippen LogP contribution is 2.44. The van der Waals surface area contributed by atoms with Crippen LogP contribution >= 0.6 is 0 Å². The van der Waals surface area contributed by atoms with E-state index in [0.717, 1.165) is 0 Å². The van der Waals surface area contributed by atoms with E-state index in [1.54, 1.807) is 37.3 Å². The van der Waals surface area contributed by atoms with Crippen LogP contribution in [-0.2, 0) is 14.3 Å². The number of hydrogen-bond donors (Lipinski definition) is 1. The smallest absolute Gasteiger partial charge is 0.338 e. The molecule has 1 heterocycles. The number of nitrogens with zero attached hydrogens (tertiary/aromatic N) is 1. The Labute approximate surface area is 174 Å². The minimum absolute atomic E-state index is 0.0730. The van der Waals surface area contributed by atoms with Crippen LogP contribution < -0.4 is 15.2 Å². The Balaban J connectivity index is 2.32. The second-order valence-corrected chi connectivity index (χ2v) is 6.40. The first-order valence-electron chi connectivity index (χ1n) is 9.31. The average molecular weight is 406 g/mol. The molecule has 2 N–H and O–H groups in total. The van der Waals surface area contributed by atoms with Gasteiger partial charge in [-0.3, -0.25) is 0 Å². The summed E-state index contributed by atoms with van der Waals surface area (Å²) in [7, 11) is 3.05. The first kappa shape index (κ1) is 20.8. The molecule has 7 nitrogen and oxygen atoms in total. The Morgan fingerprint density at radius 3 is 2.30 bits per heavy atom. The van der Waals surface area contributed by atoms with E-state index in [2.05, 4.69) is 6.07 Å². The molecule has 7 heteroatoms. The average Bonchev–Trinajstić information content (AvgIpc) is 2.78. The summed E-state index contributed by atoms with van der Waals surface area (Å²) in [6.07, 6.45) is 0. The zero-order valence-electron chi connectivity index (χ0n) is 17.0. The van der Waals surface area contributed by atoms with Gasteiger partial charge in [-0.15, -0.1) is 0 Å². The third kappa shape index (κ3) is 3.94. The van der Waals surface area contributed by atoms with Crippen LogP contribution in [0.3, 0.4) is 0 Å². The quantitative estimate of drug-likeness (QED) is 0.732. The van der Waals surface area contributed by atoms with Crippen LogP contribution in [-0.4, -0.2) is 26.8 Å². The molecule has 30 heavy (non-hydrogen) atoms. The lowest BCUT2D eigenvalue weighted by molar-refractivity contribution is -0.138. The van der Waals surface area contributed by atoms with Crippen molar-refractivity contribution in [2.75, 3.05) is 20.8 Å². The molecule has 0 aliphatic carbocycles. The molecule has 0 radical (unpaired) electrons. The summed E-state index contributed by atoms with van der Waals surface area (Å²) in [6, 6.07) is 16.3. The van der Waals surface area contributed by atoms with Crippen molar-refractivity contribution < 1.29 is 23.7 Å². The maximum atomic E-state index is 13.0. The lowest BCUT2D eigenvalue weighted by Gasteiger charge is -2.28. The molecular formula is C23H22N2O5. The van der Waals surface area contributed by atoms with E-state index in [1.165, 1.54) is 14.2 Å². The summed E-state index contributed by atoms with van der Waals surface area (Å²) in [6.45, 7) is 1.88. The summed E-state index contributed by atoms with van der Waals surface area (Å²) in [4.78, 5) is 13.0. The van der Waals surface area contributed by atoms with Gasteiger partial charge in [0.05, 0.1) is 32.3 Å². The summed E-state index contributed by atoms with van der Waals surface area (Å²) in [5.41, 5.74) is 7.63. The second-order valence-electron chi connectivity index (χ2n) is 6.40. The molecule has 0 saturated heterocycles. The van der Waals surface area contributed by atoms with Crippen LogP contribution in [0.4, 0.5) is 0 Å². The van der Waals surface area contributed by atoms with Crippen molar-refractivity contribution in [1.29, 1.82) is 5.26 Å². The van der Waals surface area contributed by atoms with Gasteiger partial charge in [0.15, 0.2) is 0 Å². The molecule has 0 unspecified atom stereocenters. The third-order valence-electron chi connectivity index (χ3n) is 4.66. The number of methoxy groups -OCH3 is 2. The molecule has 0 bridgehead atoms. The van der Waals surface area contributed by atoms with Gasteiger partial charge in [0.1, 0.15) is 28.9 Å². The maximum absolute atomic E-state index is 13.0. The van der Waals surface area contributed by atoms with E-state index in [0.29, 0.717) is 22.6 Å². The SMILES string of the molecule is CCOC(=O)C1=C(c2ccccc2)OC(N)=C(C#N)[C@H]1c1cc(OC)cc(OC)c1. The number of rotatable bonds is 6. The van der Waals surface area contributed by atoms with Crippen molar-refractivity contribution in [2.45, 2.75) is 12.8 Å². The van der Waals surface area contributed by atoms with Crippen molar-refractivity contribution in [3.05, 3.63) is 76.7 Å². The van der Waals surface area contributed by atoms with Gasteiger partial charge in [0.25, 0.3) is 0 Å². The van der Waals surface area contributed by atoms with Gasteiger partial charge in [0, 0.05) is 11.6 Å². The molecular weight excluding hydrogens is 384 g/mol. The predicted molar refractivity (Wildman–Crippen MR) is 110 cm³/mol. The van der Waals surface area contributed by atoms with Crippen LogP contribution in [0, 0.1) is 11.3 Å². The van der Waals surface area contributed by atoms with E-state index in [4.69, 9.17) is 24.7 Å². The Kier molecular flexibility index (Phi) is 6.28. The fraction of sp³-hybridized carbons (Fsp3) is 0.217. The summed E-state index contributed by atoms with van der Waals surface area (Å²) < 4.78 is 21.8. The molecule has 0 spiro atoms. The fourth-order valence-corrected chi connectivity index (χ4v) is 3.31. The van der Waals surface area contributed by atoms with Gasteiger partial charge >= 0.3 is 5.97 Å². The summed E-state index contributed by atoms with van der Waals surface area (Å²) >= 11 is 0. The lowest BCUT2D eigenvalue weighted by atomic mass is 9.82. The molecule has 0 aromatic heterocycles. The highest BCUT2D eigenvalue weighted by Gasteiger charge is 2.38. The summed E-state index contributed by atoms with van der Waals surface area (Å²) in [5.74, 6) is -0.216. The van der Waals surface area contributed by atoms with Crippen LogP contribution in [0.2, 0.25) is 0 Å². The molecule has 154 valence electrons. The molecule has 2 aromatic carbocycles. The lowest BCUT2D eigenvalue weighted by Crippen LogP contribution is -2.26. The van der Waals surface area contributed by atoms with E-state index in [-0.39, 0.29) is 29.4 Å².